The average Bonchev–Trinajstić information content (AvgIpc) is 2.20. The van der Waals surface area contributed by atoms with Gasteiger partial charge in [0.15, 0.2) is 9.84 Å². The Balaban J connectivity index is 3.06. The fourth-order valence-corrected chi connectivity index (χ4v) is 2.12. The van der Waals surface area contributed by atoms with Gasteiger partial charge in [0.25, 0.3) is 0 Å². The standard InChI is InChI=1S/C11H12FNO2S/c1-8(2)16(14,15)7-9-3-4-11(12)10(5-9)6-13/h3-5,8H,7H2,1-2H3. The van der Waals surface area contributed by atoms with E-state index in [1.807, 2.05) is 0 Å². The van der Waals surface area contributed by atoms with E-state index < -0.39 is 20.9 Å². The summed E-state index contributed by atoms with van der Waals surface area (Å²) in [5.41, 5.74) is 0.308. The van der Waals surface area contributed by atoms with Gasteiger partial charge in [-0.3, -0.25) is 0 Å². The van der Waals surface area contributed by atoms with Gasteiger partial charge >= 0.3 is 0 Å². The van der Waals surface area contributed by atoms with Crippen molar-refractivity contribution >= 4 is 9.84 Å². The molecule has 0 spiro atoms. The summed E-state index contributed by atoms with van der Waals surface area (Å²) in [4.78, 5) is 0. The first kappa shape index (κ1) is 12.7. The van der Waals surface area contributed by atoms with E-state index in [9.17, 15) is 12.8 Å². The number of halogens is 1. The van der Waals surface area contributed by atoms with Gasteiger partial charge in [0, 0.05) is 0 Å². The van der Waals surface area contributed by atoms with Crippen LogP contribution in [0.2, 0.25) is 0 Å². The smallest absolute Gasteiger partial charge is 0.156 e. The highest BCUT2D eigenvalue weighted by atomic mass is 32.2. The summed E-state index contributed by atoms with van der Waals surface area (Å²) in [6.07, 6.45) is 0. The minimum absolute atomic E-state index is 0.128. The van der Waals surface area contributed by atoms with Gasteiger partial charge in [0.1, 0.15) is 11.9 Å². The zero-order valence-corrected chi connectivity index (χ0v) is 9.88. The van der Waals surface area contributed by atoms with Crippen LogP contribution in [0.15, 0.2) is 18.2 Å². The Morgan fingerprint density at radius 2 is 2.06 bits per heavy atom. The van der Waals surface area contributed by atoms with Crippen LogP contribution in [0.25, 0.3) is 0 Å². The fraction of sp³-hybridized carbons (Fsp3) is 0.364. The molecule has 1 rings (SSSR count). The largest absolute Gasteiger partial charge is 0.228 e. The number of nitriles is 1. The lowest BCUT2D eigenvalue weighted by atomic mass is 10.1. The van der Waals surface area contributed by atoms with Crippen LogP contribution >= 0.6 is 0 Å². The van der Waals surface area contributed by atoms with Crippen LogP contribution in [0.5, 0.6) is 0 Å². The Morgan fingerprint density at radius 3 is 2.56 bits per heavy atom. The number of nitrogens with zero attached hydrogens (tertiary/aromatic N) is 1. The van der Waals surface area contributed by atoms with Crippen molar-refractivity contribution in [2.24, 2.45) is 0 Å². The molecular formula is C11H12FNO2S. The molecule has 0 heterocycles. The van der Waals surface area contributed by atoms with Gasteiger partial charge in [-0.05, 0) is 31.5 Å². The molecule has 1 aromatic carbocycles. The van der Waals surface area contributed by atoms with Crippen molar-refractivity contribution in [1.29, 1.82) is 5.26 Å². The van der Waals surface area contributed by atoms with E-state index in [-0.39, 0.29) is 11.3 Å². The molecule has 0 radical (unpaired) electrons. The Kier molecular flexibility index (Phi) is 3.66. The maximum atomic E-state index is 13.0. The molecule has 3 nitrogen and oxygen atoms in total. The summed E-state index contributed by atoms with van der Waals surface area (Å²) in [5, 5.41) is 8.13. The lowest BCUT2D eigenvalue weighted by molar-refractivity contribution is 0.586. The highest BCUT2D eigenvalue weighted by molar-refractivity contribution is 7.91. The SMILES string of the molecule is CC(C)S(=O)(=O)Cc1ccc(F)c(C#N)c1. The predicted octanol–water partition coefficient (Wildman–Crippen LogP) is 2.02. The first-order valence-electron chi connectivity index (χ1n) is 4.77. The monoisotopic (exact) mass is 241 g/mol. The average molecular weight is 241 g/mol. The van der Waals surface area contributed by atoms with E-state index in [4.69, 9.17) is 5.26 Å². The van der Waals surface area contributed by atoms with E-state index in [0.29, 0.717) is 5.56 Å². The molecule has 1 aromatic rings. The van der Waals surface area contributed by atoms with Crippen molar-refractivity contribution in [3.63, 3.8) is 0 Å². The van der Waals surface area contributed by atoms with Crippen LogP contribution in [0.3, 0.4) is 0 Å². The normalized spacial score (nSPS) is 11.4. The maximum Gasteiger partial charge on any atom is 0.156 e. The minimum Gasteiger partial charge on any atom is -0.228 e. The van der Waals surface area contributed by atoms with Crippen molar-refractivity contribution in [3.8, 4) is 6.07 Å². The quantitative estimate of drug-likeness (QED) is 0.813. The summed E-state index contributed by atoms with van der Waals surface area (Å²) >= 11 is 0. The summed E-state index contributed by atoms with van der Waals surface area (Å²) in [7, 11) is -3.22. The molecule has 0 aliphatic rings. The van der Waals surface area contributed by atoms with E-state index >= 15 is 0 Å². The van der Waals surface area contributed by atoms with E-state index in [1.165, 1.54) is 12.1 Å². The van der Waals surface area contributed by atoms with Crippen molar-refractivity contribution < 1.29 is 12.8 Å². The Morgan fingerprint density at radius 1 is 1.44 bits per heavy atom. The summed E-state index contributed by atoms with van der Waals surface area (Å²) in [6, 6.07) is 5.45. The van der Waals surface area contributed by atoms with Crippen LogP contribution in [0.4, 0.5) is 4.39 Å². The Labute approximate surface area is 94.4 Å². The van der Waals surface area contributed by atoms with Gasteiger partial charge in [-0.2, -0.15) is 5.26 Å². The molecular weight excluding hydrogens is 229 g/mol. The lowest BCUT2D eigenvalue weighted by Gasteiger charge is -2.07. The number of sulfone groups is 1. The Bertz CT molecular complexity index is 529. The number of hydrogen-bond acceptors (Lipinski definition) is 3. The van der Waals surface area contributed by atoms with Gasteiger partial charge < -0.3 is 0 Å². The van der Waals surface area contributed by atoms with Gasteiger partial charge in [-0.1, -0.05) is 6.07 Å². The third-order valence-corrected chi connectivity index (χ3v) is 4.41. The number of hydrogen-bond donors (Lipinski definition) is 0. The van der Waals surface area contributed by atoms with Gasteiger partial charge in [0.05, 0.1) is 16.6 Å². The molecule has 0 bridgehead atoms. The van der Waals surface area contributed by atoms with Crippen LogP contribution in [-0.2, 0) is 15.6 Å². The molecule has 0 aliphatic heterocycles. The first-order valence-corrected chi connectivity index (χ1v) is 6.48. The zero-order valence-electron chi connectivity index (χ0n) is 9.07. The molecule has 0 amide bonds. The zero-order chi connectivity index (χ0) is 12.3. The van der Waals surface area contributed by atoms with Crippen LogP contribution in [0.1, 0.15) is 25.0 Å². The molecule has 86 valence electrons. The van der Waals surface area contributed by atoms with Crippen molar-refractivity contribution in [3.05, 3.63) is 35.1 Å². The topological polar surface area (TPSA) is 57.9 Å². The lowest BCUT2D eigenvalue weighted by Crippen LogP contribution is -2.16. The Hall–Kier alpha value is -1.41. The maximum absolute atomic E-state index is 13.0. The fourth-order valence-electron chi connectivity index (χ4n) is 1.15. The van der Waals surface area contributed by atoms with Crippen LogP contribution in [0, 0.1) is 17.1 Å². The number of benzene rings is 1. The van der Waals surface area contributed by atoms with Crippen molar-refractivity contribution in [2.45, 2.75) is 24.9 Å². The van der Waals surface area contributed by atoms with Crippen molar-refractivity contribution in [1.82, 2.24) is 0 Å². The molecule has 0 aromatic heterocycles. The van der Waals surface area contributed by atoms with Crippen LogP contribution in [-0.4, -0.2) is 13.7 Å². The molecule has 16 heavy (non-hydrogen) atoms. The second-order valence-electron chi connectivity index (χ2n) is 3.78. The number of rotatable bonds is 3. The summed E-state index contributed by atoms with van der Waals surface area (Å²) in [5.74, 6) is -0.798. The second kappa shape index (κ2) is 4.62. The second-order valence-corrected chi connectivity index (χ2v) is 6.34. The molecule has 0 N–H and O–H groups in total. The first-order chi connectivity index (χ1) is 7.36. The van der Waals surface area contributed by atoms with Gasteiger partial charge in [-0.25, -0.2) is 12.8 Å². The molecule has 0 atom stereocenters. The van der Waals surface area contributed by atoms with Crippen molar-refractivity contribution in [2.75, 3.05) is 0 Å². The van der Waals surface area contributed by atoms with Crippen LogP contribution < -0.4 is 0 Å². The molecule has 0 aliphatic carbocycles. The molecule has 0 saturated heterocycles. The molecule has 0 unspecified atom stereocenters. The highest BCUT2D eigenvalue weighted by Crippen LogP contribution is 2.14. The van der Waals surface area contributed by atoms with E-state index in [0.717, 1.165) is 6.07 Å². The third kappa shape index (κ3) is 2.80. The molecule has 5 heteroatoms. The predicted molar refractivity (Wildman–Crippen MR) is 58.9 cm³/mol. The van der Waals surface area contributed by atoms with E-state index in [1.54, 1.807) is 19.9 Å². The van der Waals surface area contributed by atoms with Gasteiger partial charge in [-0.15, -0.1) is 0 Å². The highest BCUT2D eigenvalue weighted by Gasteiger charge is 2.17. The molecule has 0 fully saturated rings. The minimum atomic E-state index is -3.22. The summed E-state index contributed by atoms with van der Waals surface area (Å²) < 4.78 is 36.2. The summed E-state index contributed by atoms with van der Waals surface area (Å²) in [6.45, 7) is 3.17. The molecule has 0 saturated carbocycles. The van der Waals surface area contributed by atoms with Gasteiger partial charge in [0.2, 0.25) is 0 Å². The van der Waals surface area contributed by atoms with E-state index in [2.05, 4.69) is 0 Å². The third-order valence-electron chi connectivity index (χ3n) is 2.24.